The molecule has 3 N–H and O–H groups in total. The van der Waals surface area contributed by atoms with Crippen LogP contribution in [0.25, 0.3) is 0 Å². The predicted octanol–water partition coefficient (Wildman–Crippen LogP) is 1.47. The van der Waals surface area contributed by atoms with E-state index >= 15 is 0 Å². The zero-order chi connectivity index (χ0) is 9.84. The number of rotatable bonds is 3. The lowest BCUT2D eigenvalue weighted by Crippen LogP contribution is -2.29. The summed E-state index contributed by atoms with van der Waals surface area (Å²) in [4.78, 5) is 4.19. The van der Waals surface area contributed by atoms with Gasteiger partial charge in [-0.3, -0.25) is 10.8 Å². The molecule has 0 saturated heterocycles. The lowest BCUT2D eigenvalue weighted by molar-refractivity contribution is 0.621. The molecular weight excluding hydrogens is 162 g/mol. The maximum Gasteiger partial charge on any atom is 0.0682 e. The van der Waals surface area contributed by atoms with Crippen molar-refractivity contribution in [3.63, 3.8) is 0 Å². The van der Waals surface area contributed by atoms with Gasteiger partial charge in [0, 0.05) is 11.9 Å². The first kappa shape index (κ1) is 9.89. The number of nitrogens with one attached hydrogen (secondary N) is 1. The molecule has 0 radical (unpaired) electrons. The molecule has 0 aromatic carbocycles. The number of aryl methyl sites for hydroxylation is 1. The second-order valence-corrected chi connectivity index (χ2v) is 3.12. The summed E-state index contributed by atoms with van der Waals surface area (Å²) in [6.45, 7) is 7.78. The van der Waals surface area contributed by atoms with Crippen molar-refractivity contribution in [2.24, 2.45) is 5.84 Å². The first-order valence-electron chi connectivity index (χ1n) is 4.20. The van der Waals surface area contributed by atoms with Crippen LogP contribution in [0.4, 0.5) is 0 Å². The van der Waals surface area contributed by atoms with Crippen LogP contribution in [0.2, 0.25) is 0 Å². The van der Waals surface area contributed by atoms with Gasteiger partial charge in [0.1, 0.15) is 0 Å². The summed E-state index contributed by atoms with van der Waals surface area (Å²) in [6.07, 6.45) is 1.77. The van der Waals surface area contributed by atoms with E-state index in [1.54, 1.807) is 6.20 Å². The average Bonchev–Trinajstić information content (AvgIpc) is 2.09. The topological polar surface area (TPSA) is 50.9 Å². The van der Waals surface area contributed by atoms with E-state index in [1.165, 1.54) is 0 Å². The highest BCUT2D eigenvalue weighted by Gasteiger charge is 2.12. The van der Waals surface area contributed by atoms with Gasteiger partial charge < -0.3 is 0 Å². The Morgan fingerprint density at radius 1 is 1.69 bits per heavy atom. The summed E-state index contributed by atoms with van der Waals surface area (Å²) < 4.78 is 0. The summed E-state index contributed by atoms with van der Waals surface area (Å²) in [5.41, 5.74) is 5.76. The Kier molecular flexibility index (Phi) is 3.17. The predicted molar refractivity (Wildman–Crippen MR) is 53.9 cm³/mol. The van der Waals surface area contributed by atoms with Gasteiger partial charge in [-0.2, -0.15) is 0 Å². The van der Waals surface area contributed by atoms with Gasteiger partial charge in [-0.25, -0.2) is 5.43 Å². The van der Waals surface area contributed by atoms with Crippen molar-refractivity contribution in [1.29, 1.82) is 0 Å². The Balaban J connectivity index is 3.04. The number of hydrazine groups is 1. The molecule has 0 saturated carbocycles. The van der Waals surface area contributed by atoms with Crippen molar-refractivity contribution < 1.29 is 0 Å². The smallest absolute Gasteiger partial charge is 0.0682 e. The highest BCUT2D eigenvalue weighted by atomic mass is 15.2. The molecule has 3 nitrogen and oxygen atoms in total. The van der Waals surface area contributed by atoms with Gasteiger partial charge in [0.05, 0.1) is 6.04 Å². The molecule has 1 rings (SSSR count). The van der Waals surface area contributed by atoms with Gasteiger partial charge in [-0.15, -0.1) is 0 Å². The number of hydrogen-bond acceptors (Lipinski definition) is 3. The standard InChI is InChI=1S/C10H15N3/c1-7(2)10(13-11)9-5-4-6-12-8(9)3/h4-6,10,13H,1,11H2,2-3H3. The molecule has 0 aliphatic rings. The van der Waals surface area contributed by atoms with Crippen LogP contribution < -0.4 is 11.3 Å². The van der Waals surface area contributed by atoms with E-state index in [-0.39, 0.29) is 6.04 Å². The normalized spacial score (nSPS) is 12.5. The van der Waals surface area contributed by atoms with Crippen LogP contribution in [-0.4, -0.2) is 4.98 Å². The van der Waals surface area contributed by atoms with Gasteiger partial charge in [-0.05, 0) is 25.5 Å². The molecule has 1 aromatic rings. The number of nitrogens with two attached hydrogens (primary N) is 1. The molecule has 1 atom stereocenters. The van der Waals surface area contributed by atoms with Crippen molar-refractivity contribution in [3.05, 3.63) is 41.7 Å². The molecule has 0 aliphatic heterocycles. The summed E-state index contributed by atoms with van der Waals surface area (Å²) >= 11 is 0. The Hall–Kier alpha value is -1.19. The highest BCUT2D eigenvalue weighted by molar-refractivity contribution is 5.28. The molecule has 1 heterocycles. The Morgan fingerprint density at radius 2 is 2.38 bits per heavy atom. The van der Waals surface area contributed by atoms with E-state index in [1.807, 2.05) is 26.0 Å². The van der Waals surface area contributed by atoms with Crippen molar-refractivity contribution in [1.82, 2.24) is 10.4 Å². The Bertz CT molecular complexity index is 307. The minimum absolute atomic E-state index is 0.00583. The van der Waals surface area contributed by atoms with Crippen molar-refractivity contribution in [2.45, 2.75) is 19.9 Å². The van der Waals surface area contributed by atoms with Gasteiger partial charge in [0.15, 0.2) is 0 Å². The van der Waals surface area contributed by atoms with Gasteiger partial charge in [0.2, 0.25) is 0 Å². The zero-order valence-electron chi connectivity index (χ0n) is 8.04. The SMILES string of the molecule is C=C(C)C(NN)c1cccnc1C. The lowest BCUT2D eigenvalue weighted by Gasteiger charge is -2.17. The molecule has 0 fully saturated rings. The van der Waals surface area contributed by atoms with E-state index < -0.39 is 0 Å². The molecule has 3 heteroatoms. The first-order chi connectivity index (χ1) is 6.16. The maximum atomic E-state index is 5.44. The lowest BCUT2D eigenvalue weighted by atomic mass is 10.0. The summed E-state index contributed by atoms with van der Waals surface area (Å²) in [6, 6.07) is 3.89. The molecule has 1 aromatic heterocycles. The van der Waals surface area contributed by atoms with Crippen LogP contribution in [0.1, 0.15) is 24.2 Å². The Labute approximate surface area is 78.6 Å². The van der Waals surface area contributed by atoms with E-state index in [2.05, 4.69) is 17.0 Å². The zero-order valence-corrected chi connectivity index (χ0v) is 8.04. The van der Waals surface area contributed by atoms with Crippen LogP contribution >= 0.6 is 0 Å². The molecule has 0 aliphatic carbocycles. The number of aromatic nitrogens is 1. The maximum absolute atomic E-state index is 5.44. The second kappa shape index (κ2) is 4.16. The minimum Gasteiger partial charge on any atom is -0.271 e. The third-order valence-electron chi connectivity index (χ3n) is 2.02. The Morgan fingerprint density at radius 3 is 2.85 bits per heavy atom. The van der Waals surface area contributed by atoms with Crippen LogP contribution in [0.3, 0.4) is 0 Å². The van der Waals surface area contributed by atoms with Gasteiger partial charge in [0.25, 0.3) is 0 Å². The minimum atomic E-state index is -0.00583. The van der Waals surface area contributed by atoms with Crippen LogP contribution in [0.5, 0.6) is 0 Å². The van der Waals surface area contributed by atoms with Gasteiger partial charge in [-0.1, -0.05) is 18.2 Å². The van der Waals surface area contributed by atoms with Crippen molar-refractivity contribution in [3.8, 4) is 0 Å². The van der Waals surface area contributed by atoms with E-state index in [0.717, 1.165) is 16.8 Å². The molecule has 1 unspecified atom stereocenters. The van der Waals surface area contributed by atoms with E-state index in [4.69, 9.17) is 5.84 Å². The van der Waals surface area contributed by atoms with Crippen LogP contribution in [0.15, 0.2) is 30.5 Å². The summed E-state index contributed by atoms with van der Waals surface area (Å²) in [5.74, 6) is 5.44. The number of hydrogen-bond donors (Lipinski definition) is 2. The summed E-state index contributed by atoms with van der Waals surface area (Å²) in [5, 5.41) is 0. The molecular formula is C10H15N3. The van der Waals surface area contributed by atoms with Crippen molar-refractivity contribution in [2.75, 3.05) is 0 Å². The average molecular weight is 177 g/mol. The summed E-state index contributed by atoms with van der Waals surface area (Å²) in [7, 11) is 0. The molecule has 70 valence electrons. The molecule has 0 bridgehead atoms. The van der Waals surface area contributed by atoms with Crippen LogP contribution in [0, 0.1) is 6.92 Å². The molecule has 0 amide bonds. The second-order valence-electron chi connectivity index (χ2n) is 3.12. The van der Waals surface area contributed by atoms with Crippen LogP contribution in [-0.2, 0) is 0 Å². The molecule has 0 spiro atoms. The van der Waals surface area contributed by atoms with E-state index in [9.17, 15) is 0 Å². The van der Waals surface area contributed by atoms with Gasteiger partial charge >= 0.3 is 0 Å². The third-order valence-corrected chi connectivity index (χ3v) is 2.02. The first-order valence-corrected chi connectivity index (χ1v) is 4.20. The number of nitrogens with zero attached hydrogens (tertiary/aromatic N) is 1. The van der Waals surface area contributed by atoms with E-state index in [0.29, 0.717) is 0 Å². The largest absolute Gasteiger partial charge is 0.271 e. The van der Waals surface area contributed by atoms with Crippen molar-refractivity contribution >= 4 is 0 Å². The highest BCUT2D eigenvalue weighted by Crippen LogP contribution is 2.20. The fourth-order valence-corrected chi connectivity index (χ4v) is 1.30. The third kappa shape index (κ3) is 2.14. The fourth-order valence-electron chi connectivity index (χ4n) is 1.30. The molecule has 13 heavy (non-hydrogen) atoms. The number of pyridine rings is 1. The fraction of sp³-hybridized carbons (Fsp3) is 0.300. The monoisotopic (exact) mass is 177 g/mol. The quantitative estimate of drug-likeness (QED) is 0.417.